The highest BCUT2D eigenvalue weighted by molar-refractivity contribution is 6.27. The van der Waals surface area contributed by atoms with Gasteiger partial charge in [0, 0.05) is 88.1 Å². The highest BCUT2D eigenvalue weighted by Crippen LogP contribution is 2.50. The largest absolute Gasteiger partial charge is 0.309 e. The number of hydrogen-bond donors (Lipinski definition) is 0. The lowest BCUT2D eigenvalue weighted by molar-refractivity contribution is 0.775. The average molecular weight is 1120 g/mol. The van der Waals surface area contributed by atoms with Gasteiger partial charge in [0.25, 0.3) is 0 Å². The lowest BCUT2D eigenvalue weighted by Crippen LogP contribution is -2.07. The second-order valence-electron chi connectivity index (χ2n) is 23.1. The minimum absolute atomic E-state index is 0.00129. The molecule has 1 aliphatic rings. The summed E-state index contributed by atoms with van der Waals surface area (Å²) in [7, 11) is 0. The molecule has 0 N–H and O–H groups in total. The van der Waals surface area contributed by atoms with Crippen LogP contribution in [0.5, 0.6) is 0 Å². The molecule has 5 heterocycles. The molecular formula is C82H54N6. The van der Waals surface area contributed by atoms with Gasteiger partial charge in [-0.2, -0.15) is 0 Å². The van der Waals surface area contributed by atoms with Crippen molar-refractivity contribution in [2.24, 2.45) is 0 Å². The molecule has 0 aliphatic heterocycles. The van der Waals surface area contributed by atoms with E-state index in [-0.39, 0.29) is 5.92 Å². The highest BCUT2D eigenvalue weighted by Gasteiger charge is 2.29. The molecule has 0 saturated carbocycles. The van der Waals surface area contributed by atoms with Gasteiger partial charge in [-0.05, 0) is 91.3 Å². The molecule has 1 aliphatic carbocycles. The molecule has 6 heteroatoms. The first kappa shape index (κ1) is 49.8. The van der Waals surface area contributed by atoms with Gasteiger partial charge in [-0.15, -0.1) is 0 Å². The van der Waals surface area contributed by atoms with E-state index in [1.165, 1.54) is 43.2 Å². The number of rotatable bonds is 9. The van der Waals surface area contributed by atoms with Gasteiger partial charge >= 0.3 is 0 Å². The molecule has 0 radical (unpaired) electrons. The Bertz CT molecular complexity index is 5450. The number of allylic oxidation sites excluding steroid dienone is 4. The number of para-hydroxylation sites is 9. The average Bonchev–Trinajstić information content (AvgIpc) is 1.54. The maximum Gasteiger partial charge on any atom is 0.136 e. The first-order chi connectivity index (χ1) is 43.7. The molecule has 0 fully saturated rings. The van der Waals surface area contributed by atoms with Gasteiger partial charge in [0.2, 0.25) is 0 Å². The summed E-state index contributed by atoms with van der Waals surface area (Å²) >= 11 is 0. The fourth-order valence-corrected chi connectivity index (χ4v) is 14.5. The smallest absolute Gasteiger partial charge is 0.136 e. The lowest BCUT2D eigenvalue weighted by Gasteiger charge is -2.24. The van der Waals surface area contributed by atoms with Crippen molar-refractivity contribution in [3.8, 4) is 67.5 Å². The molecule has 0 amide bonds. The summed E-state index contributed by atoms with van der Waals surface area (Å²) in [6, 6.07) is 105. The van der Waals surface area contributed by atoms with E-state index in [1.807, 2.05) is 0 Å². The van der Waals surface area contributed by atoms with E-state index < -0.39 is 0 Å². The number of benzene rings is 12. The van der Waals surface area contributed by atoms with Crippen molar-refractivity contribution in [3.05, 3.63) is 315 Å². The minimum atomic E-state index is -0.00129. The third-order valence-electron chi connectivity index (χ3n) is 18.3. The SMILES string of the molecule is C1=CCC(c2nc(-c3ccccc3)cc(-c3cc(-c4ccccc4-n4c5ccccc5c5ccccc54)c(-n4c5ccccc5c5c4ccc4c6ccccc6n(-c6ccccc6)c45)c(-c4ccccc4-n4c5ccccc5c5ccccc54)c3)n2)C=C1. The molecule has 12 aromatic carbocycles. The summed E-state index contributed by atoms with van der Waals surface area (Å²) in [6.07, 6.45) is 9.54. The first-order valence-corrected chi connectivity index (χ1v) is 30.3. The minimum Gasteiger partial charge on any atom is -0.309 e. The maximum atomic E-state index is 5.70. The molecule has 17 aromatic rings. The Balaban J connectivity index is 1.05. The Kier molecular flexibility index (Phi) is 11.3. The van der Waals surface area contributed by atoms with Gasteiger partial charge in [-0.25, -0.2) is 9.97 Å². The van der Waals surface area contributed by atoms with E-state index in [1.54, 1.807) is 0 Å². The Morgan fingerprint density at radius 2 is 0.739 bits per heavy atom. The van der Waals surface area contributed by atoms with Gasteiger partial charge in [0.05, 0.1) is 72.6 Å². The third-order valence-corrected chi connectivity index (χ3v) is 18.3. The van der Waals surface area contributed by atoms with Gasteiger partial charge < -0.3 is 18.3 Å². The third kappa shape index (κ3) is 7.62. The highest BCUT2D eigenvalue weighted by atomic mass is 15.0. The lowest BCUT2D eigenvalue weighted by atomic mass is 9.90. The van der Waals surface area contributed by atoms with Crippen LogP contribution >= 0.6 is 0 Å². The molecule has 1 atom stereocenters. The normalized spacial score (nSPS) is 13.4. The molecule has 0 bridgehead atoms. The topological polar surface area (TPSA) is 45.5 Å². The van der Waals surface area contributed by atoms with Gasteiger partial charge in [0.15, 0.2) is 0 Å². The Morgan fingerprint density at radius 3 is 1.26 bits per heavy atom. The van der Waals surface area contributed by atoms with Crippen molar-refractivity contribution in [2.45, 2.75) is 12.3 Å². The second kappa shape index (κ2) is 20.0. The van der Waals surface area contributed by atoms with Crippen LogP contribution in [0.1, 0.15) is 18.2 Å². The molecule has 5 aromatic heterocycles. The fourth-order valence-electron chi connectivity index (χ4n) is 14.5. The van der Waals surface area contributed by atoms with Crippen molar-refractivity contribution in [2.75, 3.05) is 0 Å². The van der Waals surface area contributed by atoms with E-state index in [4.69, 9.17) is 9.97 Å². The molecule has 0 saturated heterocycles. The van der Waals surface area contributed by atoms with Crippen molar-refractivity contribution < 1.29 is 0 Å². The van der Waals surface area contributed by atoms with E-state index in [0.717, 1.165) is 124 Å². The van der Waals surface area contributed by atoms with Crippen LogP contribution < -0.4 is 0 Å². The predicted molar refractivity (Wildman–Crippen MR) is 367 cm³/mol. The summed E-state index contributed by atoms with van der Waals surface area (Å²) in [5, 5.41) is 9.59. The second-order valence-corrected chi connectivity index (χ2v) is 23.1. The summed E-state index contributed by atoms with van der Waals surface area (Å²) in [6.45, 7) is 0. The number of aromatic nitrogens is 6. The van der Waals surface area contributed by atoms with Crippen LogP contribution in [0.3, 0.4) is 0 Å². The molecule has 0 spiro atoms. The maximum absolute atomic E-state index is 5.70. The summed E-state index contributed by atoms with van der Waals surface area (Å²) < 4.78 is 10.0. The van der Waals surface area contributed by atoms with Crippen molar-refractivity contribution >= 4 is 87.2 Å². The predicted octanol–water partition coefficient (Wildman–Crippen LogP) is 21.1. The van der Waals surface area contributed by atoms with E-state index in [2.05, 4.69) is 328 Å². The van der Waals surface area contributed by atoms with E-state index >= 15 is 0 Å². The van der Waals surface area contributed by atoms with Crippen LogP contribution in [0.15, 0.2) is 309 Å². The summed E-state index contributed by atoms with van der Waals surface area (Å²) in [4.78, 5) is 11.1. The van der Waals surface area contributed by atoms with Gasteiger partial charge in [-0.1, -0.05) is 224 Å². The summed E-state index contributed by atoms with van der Waals surface area (Å²) in [5.41, 5.74) is 21.4. The van der Waals surface area contributed by atoms with Crippen LogP contribution in [-0.2, 0) is 0 Å². The quantitative estimate of drug-likeness (QED) is 0.145. The Labute approximate surface area is 507 Å². The Hall–Kier alpha value is -11.6. The van der Waals surface area contributed by atoms with Crippen LogP contribution in [0.25, 0.3) is 155 Å². The van der Waals surface area contributed by atoms with Crippen molar-refractivity contribution in [3.63, 3.8) is 0 Å². The van der Waals surface area contributed by atoms with Gasteiger partial charge in [0.1, 0.15) is 5.82 Å². The molecule has 18 rings (SSSR count). The van der Waals surface area contributed by atoms with Crippen LogP contribution in [0, 0.1) is 0 Å². The molecule has 88 heavy (non-hydrogen) atoms. The number of nitrogens with zero attached hydrogens (tertiary/aromatic N) is 6. The van der Waals surface area contributed by atoms with Crippen molar-refractivity contribution in [1.82, 2.24) is 28.2 Å². The van der Waals surface area contributed by atoms with Crippen LogP contribution in [-0.4, -0.2) is 28.2 Å². The monoisotopic (exact) mass is 1120 g/mol. The van der Waals surface area contributed by atoms with E-state index in [9.17, 15) is 0 Å². The van der Waals surface area contributed by atoms with Crippen molar-refractivity contribution in [1.29, 1.82) is 0 Å². The Morgan fingerprint density at radius 1 is 0.307 bits per heavy atom. The zero-order valence-corrected chi connectivity index (χ0v) is 47.9. The molecule has 6 nitrogen and oxygen atoms in total. The summed E-state index contributed by atoms with van der Waals surface area (Å²) in [5.74, 6) is 0.791. The number of fused-ring (bicyclic) bond motifs is 13. The van der Waals surface area contributed by atoms with Gasteiger partial charge in [-0.3, -0.25) is 0 Å². The molecule has 412 valence electrons. The zero-order valence-electron chi connectivity index (χ0n) is 47.9. The van der Waals surface area contributed by atoms with E-state index in [0.29, 0.717) is 0 Å². The molecular weight excluding hydrogens is 1070 g/mol. The van der Waals surface area contributed by atoms with Crippen LogP contribution in [0.4, 0.5) is 0 Å². The zero-order chi connectivity index (χ0) is 57.8. The molecule has 1 unspecified atom stereocenters. The standard InChI is InChI=1S/C82H54N6/c1-4-26-53(27-5-1)68-52-69(84-82(83-68)54-28-6-2-7-29-54)55-50-66(62-37-15-23-45-75(62)86-71-41-19-10-32-57(71)58-33-11-20-42-72(58)86)80(67(51-55)63-38-16-24-46-76(63)87-73-43-21-12-34-59(73)60-35-13-22-44-74(60)87)88-77-47-25-17-39-65(77)79-78(88)49-48-64-61-36-14-18-40-70(61)85(81(64)79)56-30-8-3-9-31-56/h1-28,30-52,54H,29H2. The number of hydrogen-bond acceptors (Lipinski definition) is 2. The fraction of sp³-hybridized carbons (Fsp3) is 0.0244. The first-order valence-electron chi connectivity index (χ1n) is 30.3. The van der Waals surface area contributed by atoms with Crippen LogP contribution in [0.2, 0.25) is 0 Å².